The van der Waals surface area contributed by atoms with E-state index < -0.39 is 0 Å². The van der Waals surface area contributed by atoms with Gasteiger partial charge in [-0.3, -0.25) is 4.79 Å². The summed E-state index contributed by atoms with van der Waals surface area (Å²) < 4.78 is 10.6. The number of hydrogen-bond acceptors (Lipinski definition) is 3. The van der Waals surface area contributed by atoms with Crippen molar-refractivity contribution in [2.45, 2.75) is 52.2 Å². The van der Waals surface area contributed by atoms with Crippen LogP contribution in [-0.2, 0) is 14.3 Å². The monoisotopic (exact) mass is 200 g/mol. The molecule has 1 aliphatic carbocycles. The summed E-state index contributed by atoms with van der Waals surface area (Å²) in [7, 11) is 0. The lowest BCUT2D eigenvalue weighted by Gasteiger charge is -2.19. The van der Waals surface area contributed by atoms with Crippen molar-refractivity contribution < 1.29 is 14.3 Å². The molecular weight excluding hydrogens is 180 g/mol. The van der Waals surface area contributed by atoms with Crippen LogP contribution in [0.2, 0.25) is 0 Å². The lowest BCUT2D eigenvalue weighted by molar-refractivity contribution is -0.155. The minimum Gasteiger partial charge on any atom is -0.460 e. The highest BCUT2D eigenvalue weighted by molar-refractivity contribution is 5.70. The van der Waals surface area contributed by atoms with Crippen molar-refractivity contribution in [2.24, 2.45) is 5.92 Å². The van der Waals surface area contributed by atoms with Crippen molar-refractivity contribution in [3.05, 3.63) is 0 Å². The van der Waals surface area contributed by atoms with Gasteiger partial charge in [0.2, 0.25) is 0 Å². The fourth-order valence-electron chi connectivity index (χ4n) is 1.45. The van der Waals surface area contributed by atoms with Crippen LogP contribution in [0.3, 0.4) is 0 Å². The van der Waals surface area contributed by atoms with Gasteiger partial charge in [-0.2, -0.15) is 0 Å². The summed E-state index contributed by atoms with van der Waals surface area (Å²) in [6, 6.07) is 0. The molecule has 0 aliphatic heterocycles. The maximum Gasteiger partial charge on any atom is 0.306 e. The lowest BCUT2D eigenvalue weighted by Crippen LogP contribution is -2.24. The van der Waals surface area contributed by atoms with Crippen LogP contribution in [-0.4, -0.2) is 24.3 Å². The lowest BCUT2D eigenvalue weighted by atomic mass is 10.2. The molecule has 0 aromatic carbocycles. The molecule has 0 bridgehead atoms. The Morgan fingerprint density at radius 3 is 2.57 bits per heavy atom. The summed E-state index contributed by atoms with van der Waals surface area (Å²) >= 11 is 0. The highest BCUT2D eigenvalue weighted by atomic mass is 16.6. The molecule has 3 heteroatoms. The van der Waals surface area contributed by atoms with Crippen LogP contribution < -0.4 is 0 Å². The molecule has 2 atom stereocenters. The summed E-state index contributed by atoms with van der Waals surface area (Å²) in [6.45, 7) is 8.37. The third kappa shape index (κ3) is 4.09. The Kier molecular flexibility index (Phi) is 3.53. The Labute approximate surface area is 85.8 Å². The van der Waals surface area contributed by atoms with Gasteiger partial charge in [-0.05, 0) is 40.0 Å². The molecule has 1 rings (SSSR count). The average molecular weight is 200 g/mol. The van der Waals surface area contributed by atoms with Crippen LogP contribution >= 0.6 is 0 Å². The van der Waals surface area contributed by atoms with E-state index in [-0.39, 0.29) is 11.6 Å². The molecule has 3 nitrogen and oxygen atoms in total. The normalized spacial score (nSPS) is 26.0. The first kappa shape index (κ1) is 11.5. The predicted octanol–water partition coefficient (Wildman–Crippen LogP) is 2.14. The van der Waals surface area contributed by atoms with E-state index in [2.05, 4.69) is 0 Å². The smallest absolute Gasteiger partial charge is 0.306 e. The molecule has 0 heterocycles. The molecule has 1 saturated carbocycles. The van der Waals surface area contributed by atoms with E-state index in [9.17, 15) is 4.79 Å². The Balaban J connectivity index is 2.17. The molecule has 0 N–H and O–H groups in total. The quantitative estimate of drug-likeness (QED) is 0.652. The molecule has 1 aliphatic rings. The van der Waals surface area contributed by atoms with Gasteiger partial charge in [-0.15, -0.1) is 0 Å². The van der Waals surface area contributed by atoms with Crippen molar-refractivity contribution in [2.75, 3.05) is 6.61 Å². The summed E-state index contributed by atoms with van der Waals surface area (Å²) in [5, 5.41) is 0. The largest absolute Gasteiger partial charge is 0.460 e. The predicted molar refractivity (Wildman–Crippen MR) is 54.0 cm³/mol. The standard InChI is InChI=1S/C11H20O3/c1-5-13-9-6-8(9)7-10(12)14-11(2,3)4/h8-9H,5-7H2,1-4H3. The van der Waals surface area contributed by atoms with E-state index in [1.54, 1.807) is 0 Å². The van der Waals surface area contributed by atoms with Gasteiger partial charge in [-0.1, -0.05) is 0 Å². The van der Waals surface area contributed by atoms with E-state index in [0.29, 0.717) is 18.4 Å². The molecule has 82 valence electrons. The molecule has 2 unspecified atom stereocenters. The van der Waals surface area contributed by atoms with Crippen molar-refractivity contribution in [1.82, 2.24) is 0 Å². The zero-order valence-corrected chi connectivity index (χ0v) is 9.50. The maximum atomic E-state index is 11.4. The summed E-state index contributed by atoms with van der Waals surface area (Å²) in [6.07, 6.45) is 1.81. The van der Waals surface area contributed by atoms with Crippen LogP contribution in [0.5, 0.6) is 0 Å². The van der Waals surface area contributed by atoms with E-state index in [0.717, 1.165) is 13.0 Å². The highest BCUT2D eigenvalue weighted by Crippen LogP contribution is 2.37. The van der Waals surface area contributed by atoms with Gasteiger partial charge in [0.15, 0.2) is 0 Å². The highest BCUT2D eigenvalue weighted by Gasteiger charge is 2.40. The molecule has 0 spiro atoms. The number of carbonyl (C=O) groups excluding carboxylic acids is 1. The third-order valence-electron chi connectivity index (χ3n) is 2.09. The first-order valence-electron chi connectivity index (χ1n) is 5.26. The summed E-state index contributed by atoms with van der Waals surface area (Å²) in [4.78, 5) is 11.4. The van der Waals surface area contributed by atoms with Crippen LogP contribution in [0.25, 0.3) is 0 Å². The van der Waals surface area contributed by atoms with Crippen LogP contribution in [0.4, 0.5) is 0 Å². The SMILES string of the molecule is CCOC1CC1CC(=O)OC(C)(C)C. The molecule has 1 fully saturated rings. The number of carbonyl (C=O) groups is 1. The molecule has 0 radical (unpaired) electrons. The molecule has 0 aromatic heterocycles. The number of ether oxygens (including phenoxy) is 2. The Morgan fingerprint density at radius 2 is 2.07 bits per heavy atom. The van der Waals surface area contributed by atoms with Gasteiger partial charge < -0.3 is 9.47 Å². The Morgan fingerprint density at radius 1 is 1.43 bits per heavy atom. The number of hydrogen-bond donors (Lipinski definition) is 0. The minimum absolute atomic E-state index is 0.107. The van der Waals surface area contributed by atoms with E-state index in [4.69, 9.17) is 9.47 Å². The van der Waals surface area contributed by atoms with Crippen LogP contribution in [0.15, 0.2) is 0 Å². The van der Waals surface area contributed by atoms with E-state index in [1.165, 1.54) is 0 Å². The Bertz CT molecular complexity index is 205. The molecule has 0 amide bonds. The average Bonchev–Trinajstić information content (AvgIpc) is 2.63. The van der Waals surface area contributed by atoms with Crippen LogP contribution in [0, 0.1) is 5.92 Å². The van der Waals surface area contributed by atoms with E-state index in [1.807, 2.05) is 27.7 Å². The summed E-state index contributed by atoms with van der Waals surface area (Å²) in [5.41, 5.74) is -0.368. The third-order valence-corrected chi connectivity index (χ3v) is 2.09. The second kappa shape index (κ2) is 4.30. The Hall–Kier alpha value is -0.570. The fourth-order valence-corrected chi connectivity index (χ4v) is 1.45. The second-order valence-corrected chi connectivity index (χ2v) is 4.78. The van der Waals surface area contributed by atoms with Crippen molar-refractivity contribution in [1.29, 1.82) is 0 Å². The van der Waals surface area contributed by atoms with Crippen molar-refractivity contribution in [3.63, 3.8) is 0 Å². The fraction of sp³-hybridized carbons (Fsp3) is 0.909. The second-order valence-electron chi connectivity index (χ2n) is 4.78. The minimum atomic E-state index is -0.368. The topological polar surface area (TPSA) is 35.5 Å². The molecule has 0 saturated heterocycles. The number of esters is 1. The van der Waals surface area contributed by atoms with Gasteiger partial charge in [-0.25, -0.2) is 0 Å². The van der Waals surface area contributed by atoms with Gasteiger partial charge in [0.05, 0.1) is 12.5 Å². The van der Waals surface area contributed by atoms with Gasteiger partial charge in [0.25, 0.3) is 0 Å². The molecule has 14 heavy (non-hydrogen) atoms. The van der Waals surface area contributed by atoms with Gasteiger partial charge in [0.1, 0.15) is 5.60 Å². The molecule has 0 aromatic rings. The van der Waals surface area contributed by atoms with Crippen LogP contribution in [0.1, 0.15) is 40.5 Å². The zero-order valence-electron chi connectivity index (χ0n) is 9.50. The first-order valence-corrected chi connectivity index (χ1v) is 5.26. The number of rotatable bonds is 4. The van der Waals surface area contributed by atoms with Crippen molar-refractivity contribution >= 4 is 5.97 Å². The first-order chi connectivity index (χ1) is 6.42. The summed E-state index contributed by atoms with van der Waals surface area (Å²) in [5.74, 6) is 0.287. The van der Waals surface area contributed by atoms with Gasteiger partial charge in [0, 0.05) is 6.61 Å². The van der Waals surface area contributed by atoms with Crippen molar-refractivity contribution in [3.8, 4) is 0 Å². The van der Waals surface area contributed by atoms with Gasteiger partial charge >= 0.3 is 5.97 Å². The maximum absolute atomic E-state index is 11.4. The zero-order chi connectivity index (χ0) is 10.8. The van der Waals surface area contributed by atoms with E-state index >= 15 is 0 Å². The molecular formula is C11H20O3.